The van der Waals surface area contributed by atoms with Gasteiger partial charge in [0.05, 0.1) is 0 Å². The number of sulfone groups is 1. The number of aromatic hydroxyl groups is 1. The topological polar surface area (TPSA) is 80.4 Å². The second kappa shape index (κ2) is 3.46. The monoisotopic (exact) mass is 241 g/mol. The fourth-order valence-electron chi connectivity index (χ4n) is 1.99. The van der Waals surface area contributed by atoms with E-state index >= 15 is 0 Å². The van der Waals surface area contributed by atoms with E-state index in [0.717, 1.165) is 31.1 Å². The van der Waals surface area contributed by atoms with Crippen molar-refractivity contribution in [3.8, 4) is 5.75 Å². The van der Waals surface area contributed by atoms with Gasteiger partial charge in [0.25, 0.3) is 0 Å². The quantitative estimate of drug-likeness (QED) is 0.813. The summed E-state index contributed by atoms with van der Waals surface area (Å²) < 4.78 is 22.6. The summed E-state index contributed by atoms with van der Waals surface area (Å²) in [5.41, 5.74) is 6.52. The molecule has 88 valence electrons. The van der Waals surface area contributed by atoms with Crippen molar-refractivity contribution in [2.75, 3.05) is 6.26 Å². The molecule has 0 heterocycles. The molecule has 0 unspecified atom stereocenters. The number of hydrogen-bond acceptors (Lipinski definition) is 4. The highest BCUT2D eigenvalue weighted by Gasteiger charge is 2.34. The molecule has 3 N–H and O–H groups in total. The van der Waals surface area contributed by atoms with Crippen molar-refractivity contribution in [1.82, 2.24) is 0 Å². The van der Waals surface area contributed by atoms with E-state index in [1.165, 1.54) is 12.1 Å². The minimum atomic E-state index is -3.38. The Morgan fingerprint density at radius 3 is 2.38 bits per heavy atom. The molecule has 0 saturated heterocycles. The van der Waals surface area contributed by atoms with Gasteiger partial charge in [0, 0.05) is 11.8 Å². The lowest BCUT2D eigenvalue weighted by Gasteiger charge is -2.38. The summed E-state index contributed by atoms with van der Waals surface area (Å²) in [5, 5.41) is 9.68. The number of phenols is 1. The first-order valence-corrected chi connectivity index (χ1v) is 7.04. The van der Waals surface area contributed by atoms with Crippen molar-refractivity contribution < 1.29 is 13.5 Å². The lowest BCUT2D eigenvalue weighted by atomic mass is 9.73. The smallest absolute Gasteiger partial charge is 0.179 e. The van der Waals surface area contributed by atoms with E-state index < -0.39 is 9.84 Å². The minimum Gasteiger partial charge on any atom is -0.507 e. The van der Waals surface area contributed by atoms with Crippen molar-refractivity contribution in [3.63, 3.8) is 0 Å². The van der Waals surface area contributed by atoms with Crippen molar-refractivity contribution in [3.05, 3.63) is 23.8 Å². The summed E-state index contributed by atoms with van der Waals surface area (Å²) in [7, 11) is -3.38. The van der Waals surface area contributed by atoms with Gasteiger partial charge < -0.3 is 10.8 Å². The van der Waals surface area contributed by atoms with E-state index in [1.54, 1.807) is 6.07 Å². The standard InChI is InChI=1S/C11H15NO3S/c1-16(14,15)10-4-3-8(7-9(10)13)11(12)5-2-6-11/h3-4,7,13H,2,5-6,12H2,1H3. The Morgan fingerprint density at radius 2 is 2.00 bits per heavy atom. The number of rotatable bonds is 2. The molecule has 0 atom stereocenters. The van der Waals surface area contributed by atoms with Crippen molar-refractivity contribution in [1.29, 1.82) is 0 Å². The Kier molecular flexibility index (Phi) is 2.47. The average Bonchev–Trinajstić information content (AvgIpc) is 2.12. The molecule has 0 amide bonds. The molecular weight excluding hydrogens is 226 g/mol. The average molecular weight is 241 g/mol. The second-order valence-corrected chi connectivity index (χ2v) is 6.45. The number of benzene rings is 1. The van der Waals surface area contributed by atoms with Gasteiger partial charge in [0.2, 0.25) is 0 Å². The molecule has 0 bridgehead atoms. The molecule has 1 aromatic carbocycles. The van der Waals surface area contributed by atoms with E-state index in [1.807, 2.05) is 0 Å². The first-order valence-electron chi connectivity index (χ1n) is 5.15. The molecule has 5 heteroatoms. The van der Waals surface area contributed by atoms with Gasteiger partial charge in [-0.2, -0.15) is 0 Å². The zero-order valence-corrected chi connectivity index (χ0v) is 9.92. The summed E-state index contributed by atoms with van der Waals surface area (Å²) >= 11 is 0. The molecule has 2 rings (SSSR count). The van der Waals surface area contributed by atoms with Crippen LogP contribution in [0.2, 0.25) is 0 Å². The normalized spacial score (nSPS) is 19.1. The van der Waals surface area contributed by atoms with Crippen LogP contribution in [0.15, 0.2) is 23.1 Å². The van der Waals surface area contributed by atoms with E-state index in [4.69, 9.17) is 5.73 Å². The van der Waals surface area contributed by atoms with Crippen LogP contribution in [0.1, 0.15) is 24.8 Å². The molecule has 1 aliphatic carbocycles. The van der Waals surface area contributed by atoms with Gasteiger partial charge in [-0.05, 0) is 37.0 Å². The molecule has 16 heavy (non-hydrogen) atoms. The molecule has 0 spiro atoms. The lowest BCUT2D eigenvalue weighted by molar-refractivity contribution is 0.252. The van der Waals surface area contributed by atoms with Crippen LogP contribution in [0.3, 0.4) is 0 Å². The lowest BCUT2D eigenvalue weighted by Crippen LogP contribution is -2.43. The summed E-state index contributed by atoms with van der Waals surface area (Å²) in [5.74, 6) is -0.211. The van der Waals surface area contributed by atoms with Crippen LogP contribution in [0, 0.1) is 0 Å². The van der Waals surface area contributed by atoms with E-state index in [9.17, 15) is 13.5 Å². The maximum absolute atomic E-state index is 11.3. The van der Waals surface area contributed by atoms with Crippen LogP contribution in [0.4, 0.5) is 0 Å². The van der Waals surface area contributed by atoms with E-state index in [2.05, 4.69) is 0 Å². The molecule has 1 fully saturated rings. The van der Waals surface area contributed by atoms with E-state index in [0.29, 0.717) is 0 Å². The first-order chi connectivity index (χ1) is 7.33. The molecule has 1 saturated carbocycles. The maximum Gasteiger partial charge on any atom is 0.179 e. The molecule has 0 aliphatic heterocycles. The molecule has 4 nitrogen and oxygen atoms in total. The molecule has 0 aromatic heterocycles. The first kappa shape index (κ1) is 11.4. The largest absolute Gasteiger partial charge is 0.507 e. The van der Waals surface area contributed by atoms with Gasteiger partial charge in [-0.1, -0.05) is 6.07 Å². The summed E-state index contributed by atoms with van der Waals surface area (Å²) in [6.45, 7) is 0. The molecule has 1 aromatic rings. The highest BCUT2D eigenvalue weighted by atomic mass is 32.2. The van der Waals surface area contributed by atoms with Crippen LogP contribution >= 0.6 is 0 Å². The molecule has 0 radical (unpaired) electrons. The van der Waals surface area contributed by atoms with Crippen LogP contribution in [0.25, 0.3) is 0 Å². The minimum absolute atomic E-state index is 0.0424. The van der Waals surface area contributed by atoms with Crippen molar-refractivity contribution in [2.45, 2.75) is 29.7 Å². The van der Waals surface area contributed by atoms with E-state index in [-0.39, 0.29) is 16.2 Å². The summed E-state index contributed by atoms with van der Waals surface area (Å²) in [4.78, 5) is -0.0424. The Morgan fingerprint density at radius 1 is 1.38 bits per heavy atom. The predicted octanol–water partition coefficient (Wildman–Crippen LogP) is 1.13. The Balaban J connectivity index is 2.45. The van der Waals surface area contributed by atoms with Crippen molar-refractivity contribution in [2.24, 2.45) is 5.73 Å². The Hall–Kier alpha value is -1.07. The van der Waals surface area contributed by atoms with Crippen LogP contribution in [0.5, 0.6) is 5.75 Å². The molecule has 1 aliphatic rings. The van der Waals surface area contributed by atoms with Crippen LogP contribution in [-0.2, 0) is 15.4 Å². The van der Waals surface area contributed by atoms with Gasteiger partial charge in [0.1, 0.15) is 10.6 Å². The van der Waals surface area contributed by atoms with Gasteiger partial charge in [0.15, 0.2) is 9.84 Å². The predicted molar refractivity (Wildman–Crippen MR) is 60.9 cm³/mol. The zero-order chi connectivity index (χ0) is 12.0. The van der Waals surface area contributed by atoms with Crippen molar-refractivity contribution >= 4 is 9.84 Å². The van der Waals surface area contributed by atoms with Gasteiger partial charge in [-0.25, -0.2) is 8.42 Å². The SMILES string of the molecule is CS(=O)(=O)c1ccc(C2(N)CCC2)cc1O. The fourth-order valence-corrected chi connectivity index (χ4v) is 2.74. The second-order valence-electron chi connectivity index (χ2n) is 4.46. The number of nitrogens with two attached hydrogens (primary N) is 1. The highest BCUT2D eigenvalue weighted by Crippen LogP contribution is 2.40. The third-order valence-corrected chi connectivity index (χ3v) is 4.32. The maximum atomic E-state index is 11.3. The van der Waals surface area contributed by atoms with Gasteiger partial charge >= 0.3 is 0 Å². The van der Waals surface area contributed by atoms with Gasteiger partial charge in [-0.3, -0.25) is 0 Å². The fraction of sp³-hybridized carbons (Fsp3) is 0.455. The Bertz CT molecular complexity index is 518. The zero-order valence-electron chi connectivity index (χ0n) is 9.10. The summed E-state index contributed by atoms with van der Waals surface area (Å²) in [6, 6.07) is 4.58. The Labute approximate surface area is 95.0 Å². The van der Waals surface area contributed by atoms with Gasteiger partial charge in [-0.15, -0.1) is 0 Å². The van der Waals surface area contributed by atoms with Crippen LogP contribution < -0.4 is 5.73 Å². The summed E-state index contributed by atoms with van der Waals surface area (Å²) in [6.07, 6.45) is 3.91. The number of hydrogen-bond donors (Lipinski definition) is 2. The molecular formula is C11H15NO3S. The van der Waals surface area contributed by atoms with Crippen LogP contribution in [-0.4, -0.2) is 19.8 Å². The highest BCUT2D eigenvalue weighted by molar-refractivity contribution is 7.90. The third kappa shape index (κ3) is 1.81. The third-order valence-electron chi connectivity index (χ3n) is 3.18. The number of phenolic OH excluding ortho intramolecular Hbond substituents is 1.